The lowest BCUT2D eigenvalue weighted by atomic mass is 10.1. The second kappa shape index (κ2) is 7.87. The molecule has 5 heteroatoms. The second-order valence-corrected chi connectivity index (χ2v) is 7.31. The average Bonchev–Trinajstić information content (AvgIpc) is 3.33. The zero-order valence-corrected chi connectivity index (χ0v) is 16.1. The number of carbonyl (C=O) groups is 1. The number of benzene rings is 2. The second-order valence-electron chi connectivity index (χ2n) is 7.31. The van der Waals surface area contributed by atoms with Crippen LogP contribution in [0, 0.1) is 11.3 Å². The Kier molecular flexibility index (Phi) is 5.14. The number of likely N-dealkylation sites (tertiary alicyclic amines) is 1. The van der Waals surface area contributed by atoms with Crippen LogP contribution in [0.15, 0.2) is 54.6 Å². The molecule has 1 aliphatic heterocycles. The van der Waals surface area contributed by atoms with Gasteiger partial charge in [0.05, 0.1) is 24.3 Å². The molecule has 0 unspecified atom stereocenters. The van der Waals surface area contributed by atoms with E-state index in [1.165, 1.54) is 0 Å². The van der Waals surface area contributed by atoms with Crippen LogP contribution < -0.4 is 4.90 Å². The molecule has 4 rings (SSSR count). The van der Waals surface area contributed by atoms with Gasteiger partial charge in [0.25, 0.3) is 0 Å². The van der Waals surface area contributed by atoms with Gasteiger partial charge in [-0.25, -0.2) is 0 Å². The van der Waals surface area contributed by atoms with Crippen molar-refractivity contribution in [3.63, 3.8) is 0 Å². The molecular formula is C23H24N4O. The molecule has 2 heterocycles. The standard InChI is InChI=1S/C23H24N4O/c1-25-21-12-6-5-11-19(21)20(15-24)22(25)16-27(18-9-3-2-4-10-18)23(28)17-26-13-7-8-14-26/h2-6,9-12H,7-8,13-14,16-17H2,1H3. The summed E-state index contributed by atoms with van der Waals surface area (Å²) < 4.78 is 2.03. The molecular weight excluding hydrogens is 348 g/mol. The molecule has 0 aliphatic carbocycles. The highest BCUT2D eigenvalue weighted by atomic mass is 16.2. The molecule has 142 valence electrons. The normalized spacial score (nSPS) is 14.3. The molecule has 28 heavy (non-hydrogen) atoms. The largest absolute Gasteiger partial charge is 0.345 e. The summed E-state index contributed by atoms with van der Waals surface area (Å²) in [6.45, 7) is 2.75. The summed E-state index contributed by atoms with van der Waals surface area (Å²) >= 11 is 0. The average molecular weight is 372 g/mol. The quantitative estimate of drug-likeness (QED) is 0.686. The number of hydrogen-bond acceptors (Lipinski definition) is 3. The van der Waals surface area contributed by atoms with Crippen LogP contribution in [0.3, 0.4) is 0 Å². The Morgan fingerprint density at radius 3 is 2.46 bits per heavy atom. The minimum absolute atomic E-state index is 0.0715. The van der Waals surface area contributed by atoms with Gasteiger partial charge in [-0.3, -0.25) is 9.69 Å². The van der Waals surface area contributed by atoms with E-state index in [2.05, 4.69) is 11.0 Å². The van der Waals surface area contributed by atoms with E-state index in [1.54, 1.807) is 0 Å². The fraction of sp³-hybridized carbons (Fsp3) is 0.304. The van der Waals surface area contributed by atoms with Crippen LogP contribution in [0.1, 0.15) is 24.1 Å². The van der Waals surface area contributed by atoms with Crippen molar-refractivity contribution < 1.29 is 4.79 Å². The predicted molar refractivity (Wildman–Crippen MR) is 111 cm³/mol. The van der Waals surface area contributed by atoms with Gasteiger partial charge in [-0.05, 0) is 44.1 Å². The molecule has 1 fully saturated rings. The van der Waals surface area contributed by atoms with Crippen LogP contribution in [-0.4, -0.2) is 35.0 Å². The molecule has 0 atom stereocenters. The number of hydrogen-bond donors (Lipinski definition) is 0. The van der Waals surface area contributed by atoms with Gasteiger partial charge in [0.1, 0.15) is 6.07 Å². The van der Waals surface area contributed by atoms with Crippen molar-refractivity contribution in [1.82, 2.24) is 9.47 Å². The minimum Gasteiger partial charge on any atom is -0.345 e. The zero-order chi connectivity index (χ0) is 19.5. The van der Waals surface area contributed by atoms with Gasteiger partial charge >= 0.3 is 0 Å². The Morgan fingerprint density at radius 1 is 1.07 bits per heavy atom. The smallest absolute Gasteiger partial charge is 0.241 e. The zero-order valence-electron chi connectivity index (χ0n) is 16.1. The third-order valence-corrected chi connectivity index (χ3v) is 5.57. The molecule has 0 saturated carbocycles. The molecule has 0 N–H and O–H groups in total. The Hall–Kier alpha value is -3.10. The Morgan fingerprint density at radius 2 is 1.75 bits per heavy atom. The third kappa shape index (κ3) is 3.39. The number of aryl methyl sites for hydroxylation is 1. The number of amides is 1. The molecule has 1 amide bonds. The number of nitrogens with zero attached hydrogens (tertiary/aromatic N) is 4. The molecule has 3 aromatic rings. The fourth-order valence-electron chi connectivity index (χ4n) is 4.05. The molecule has 0 radical (unpaired) electrons. The van der Waals surface area contributed by atoms with E-state index in [-0.39, 0.29) is 5.91 Å². The Balaban J connectivity index is 1.72. The first kappa shape index (κ1) is 18.3. The van der Waals surface area contributed by atoms with Crippen molar-refractivity contribution in [2.75, 3.05) is 24.5 Å². The highest BCUT2D eigenvalue weighted by Crippen LogP contribution is 2.27. The molecule has 1 aliphatic rings. The van der Waals surface area contributed by atoms with Gasteiger partial charge in [0.15, 0.2) is 0 Å². The van der Waals surface area contributed by atoms with Crippen molar-refractivity contribution in [3.05, 3.63) is 65.9 Å². The summed E-state index contributed by atoms with van der Waals surface area (Å²) in [5.74, 6) is 0.0715. The Bertz CT molecular complexity index is 1030. The van der Waals surface area contributed by atoms with Crippen LogP contribution in [0.25, 0.3) is 10.9 Å². The van der Waals surface area contributed by atoms with Crippen LogP contribution in [0.5, 0.6) is 0 Å². The molecule has 0 bridgehead atoms. The Labute approximate surface area is 165 Å². The number of carbonyl (C=O) groups excluding carboxylic acids is 1. The van der Waals surface area contributed by atoms with E-state index < -0.39 is 0 Å². The van der Waals surface area contributed by atoms with E-state index in [0.29, 0.717) is 18.7 Å². The number of nitriles is 1. The number of fused-ring (bicyclic) bond motifs is 1. The summed E-state index contributed by atoms with van der Waals surface area (Å²) in [4.78, 5) is 17.2. The van der Waals surface area contributed by atoms with E-state index >= 15 is 0 Å². The lowest BCUT2D eigenvalue weighted by Crippen LogP contribution is -2.39. The van der Waals surface area contributed by atoms with Crippen LogP contribution >= 0.6 is 0 Å². The van der Waals surface area contributed by atoms with Crippen LogP contribution in [0.2, 0.25) is 0 Å². The van der Waals surface area contributed by atoms with Crippen molar-refractivity contribution in [3.8, 4) is 6.07 Å². The van der Waals surface area contributed by atoms with E-state index in [0.717, 1.165) is 48.2 Å². The summed E-state index contributed by atoms with van der Waals surface area (Å²) in [6.07, 6.45) is 2.31. The highest BCUT2D eigenvalue weighted by molar-refractivity contribution is 5.95. The predicted octanol–water partition coefficient (Wildman–Crippen LogP) is 3.68. The molecule has 0 spiro atoms. The number of rotatable bonds is 5. The van der Waals surface area contributed by atoms with Crippen molar-refractivity contribution >= 4 is 22.5 Å². The highest BCUT2D eigenvalue weighted by Gasteiger charge is 2.24. The third-order valence-electron chi connectivity index (χ3n) is 5.57. The lowest BCUT2D eigenvalue weighted by Gasteiger charge is -2.26. The van der Waals surface area contributed by atoms with Gasteiger partial charge in [0.2, 0.25) is 5.91 Å². The van der Waals surface area contributed by atoms with Crippen LogP contribution in [0.4, 0.5) is 5.69 Å². The first-order valence-corrected chi connectivity index (χ1v) is 9.73. The van der Waals surface area contributed by atoms with E-state index in [1.807, 2.05) is 71.1 Å². The molecule has 5 nitrogen and oxygen atoms in total. The van der Waals surface area contributed by atoms with Gasteiger partial charge in [-0.2, -0.15) is 5.26 Å². The maximum Gasteiger partial charge on any atom is 0.241 e. The van der Waals surface area contributed by atoms with Gasteiger partial charge in [0, 0.05) is 23.6 Å². The van der Waals surface area contributed by atoms with Crippen molar-refractivity contribution in [2.24, 2.45) is 7.05 Å². The van der Waals surface area contributed by atoms with E-state index in [4.69, 9.17) is 0 Å². The number of anilines is 1. The number of para-hydroxylation sites is 2. The SMILES string of the molecule is Cn1c(CN(C(=O)CN2CCCC2)c2ccccc2)c(C#N)c2ccccc21. The maximum atomic E-state index is 13.2. The lowest BCUT2D eigenvalue weighted by molar-refractivity contribution is -0.119. The van der Waals surface area contributed by atoms with Crippen molar-refractivity contribution in [2.45, 2.75) is 19.4 Å². The topological polar surface area (TPSA) is 52.3 Å². The maximum absolute atomic E-state index is 13.2. The summed E-state index contributed by atoms with van der Waals surface area (Å²) in [6, 6.07) is 20.0. The van der Waals surface area contributed by atoms with Crippen molar-refractivity contribution in [1.29, 1.82) is 5.26 Å². The molecule has 2 aromatic carbocycles. The van der Waals surface area contributed by atoms with Gasteiger partial charge in [-0.15, -0.1) is 0 Å². The summed E-state index contributed by atoms with van der Waals surface area (Å²) in [7, 11) is 1.96. The summed E-state index contributed by atoms with van der Waals surface area (Å²) in [5, 5.41) is 10.7. The first-order chi connectivity index (χ1) is 13.7. The summed E-state index contributed by atoms with van der Waals surface area (Å²) in [5.41, 5.74) is 3.38. The van der Waals surface area contributed by atoms with Gasteiger partial charge < -0.3 is 9.47 Å². The minimum atomic E-state index is 0.0715. The van der Waals surface area contributed by atoms with Crippen LogP contribution in [-0.2, 0) is 18.4 Å². The fourth-order valence-corrected chi connectivity index (χ4v) is 4.05. The number of aromatic nitrogens is 1. The molecule has 1 saturated heterocycles. The monoisotopic (exact) mass is 372 g/mol. The molecule has 1 aromatic heterocycles. The van der Waals surface area contributed by atoms with Gasteiger partial charge in [-0.1, -0.05) is 36.4 Å². The van der Waals surface area contributed by atoms with E-state index in [9.17, 15) is 10.1 Å². The first-order valence-electron chi connectivity index (χ1n) is 9.73.